The predicted molar refractivity (Wildman–Crippen MR) is 98.2 cm³/mol. The van der Waals surface area contributed by atoms with Crippen LogP contribution < -0.4 is 0 Å². The van der Waals surface area contributed by atoms with E-state index in [1.807, 2.05) is 0 Å². The van der Waals surface area contributed by atoms with Crippen LogP contribution in [-0.4, -0.2) is 83.2 Å². The van der Waals surface area contributed by atoms with E-state index >= 15 is 0 Å². The number of carbonyl (C=O) groups is 3. The fraction of sp³-hybridized carbons (Fsp3) is 0.579. The molecule has 2 amide bonds. The smallest absolute Gasteiger partial charge is 0.475 e. The van der Waals surface area contributed by atoms with Crippen molar-refractivity contribution >= 4 is 17.8 Å². The number of likely N-dealkylation sites (N-methyl/N-ethyl adjacent to an activating group) is 1. The molecule has 0 unspecified atom stereocenters. The Balaban J connectivity index is 0.000000423. The predicted octanol–water partition coefficient (Wildman–Crippen LogP) is 1.49. The van der Waals surface area contributed by atoms with Crippen LogP contribution in [0.15, 0.2) is 18.3 Å². The van der Waals surface area contributed by atoms with Crippen molar-refractivity contribution in [3.05, 3.63) is 29.8 Å². The van der Waals surface area contributed by atoms with Gasteiger partial charge in [-0.3, -0.25) is 14.6 Å². The summed E-state index contributed by atoms with van der Waals surface area (Å²) in [6.45, 7) is 1.16. The Morgan fingerprint density at radius 2 is 1.94 bits per heavy atom. The van der Waals surface area contributed by atoms with Crippen LogP contribution in [0.5, 0.6) is 0 Å². The summed E-state index contributed by atoms with van der Waals surface area (Å²) in [4.78, 5) is 40.6. The second-order valence-electron chi connectivity index (χ2n) is 7.47. The zero-order valence-corrected chi connectivity index (χ0v) is 16.9. The summed E-state index contributed by atoms with van der Waals surface area (Å²) in [6, 6.07) is 2.83. The molecule has 172 valence electrons. The first-order valence-electron chi connectivity index (χ1n) is 9.43. The number of fused-ring (bicyclic) bond motifs is 1. The summed E-state index contributed by atoms with van der Waals surface area (Å²) in [5, 5.41) is 7.12. The van der Waals surface area contributed by atoms with Crippen molar-refractivity contribution in [1.82, 2.24) is 14.8 Å². The number of pyridine rings is 1. The number of hydrogen-bond acceptors (Lipinski definition) is 5. The van der Waals surface area contributed by atoms with Crippen molar-refractivity contribution in [1.29, 1.82) is 0 Å². The van der Waals surface area contributed by atoms with Gasteiger partial charge in [0.15, 0.2) is 0 Å². The van der Waals surface area contributed by atoms with Crippen LogP contribution in [-0.2, 0) is 25.5 Å². The number of carboxylic acid groups (broad SMARTS) is 1. The van der Waals surface area contributed by atoms with Crippen molar-refractivity contribution in [2.75, 3.05) is 27.2 Å². The molecule has 31 heavy (non-hydrogen) atoms. The number of amides is 2. The monoisotopic (exact) mass is 449 g/mol. The Morgan fingerprint density at radius 3 is 2.45 bits per heavy atom. The Bertz CT molecular complexity index is 801. The normalized spacial score (nSPS) is 22.8. The highest BCUT2D eigenvalue weighted by molar-refractivity contribution is 5.81. The van der Waals surface area contributed by atoms with Crippen LogP contribution in [0, 0.1) is 11.7 Å². The lowest BCUT2D eigenvalue weighted by molar-refractivity contribution is -0.192. The zero-order chi connectivity index (χ0) is 23.3. The lowest BCUT2D eigenvalue weighted by Crippen LogP contribution is -2.46. The van der Waals surface area contributed by atoms with E-state index in [1.54, 1.807) is 23.9 Å². The highest BCUT2D eigenvalue weighted by atomic mass is 19.4. The molecule has 0 aromatic carbocycles. The number of piperidine rings is 1. The highest BCUT2D eigenvalue weighted by Gasteiger charge is 2.43. The first-order chi connectivity index (χ1) is 14.4. The van der Waals surface area contributed by atoms with Crippen molar-refractivity contribution in [3.8, 4) is 0 Å². The molecule has 0 bridgehead atoms. The zero-order valence-electron chi connectivity index (χ0n) is 16.9. The maximum absolute atomic E-state index is 12.9. The maximum Gasteiger partial charge on any atom is 0.490 e. The van der Waals surface area contributed by atoms with E-state index in [2.05, 4.69) is 4.98 Å². The molecule has 8 nitrogen and oxygen atoms in total. The third kappa shape index (κ3) is 6.88. The first kappa shape index (κ1) is 24.5. The van der Waals surface area contributed by atoms with Crippen molar-refractivity contribution in [3.63, 3.8) is 0 Å². The molecule has 2 aliphatic heterocycles. The standard InChI is InChI=1S/C17H22FN3O3.C2HF3O2/c1-20(2)17(23)14-7-11-5-6-21(10-15(11)24-14)16(22)8-13-4-3-12(18)9-19-13;3-2(4,5)1(6)7/h3-4,9,11,14-15H,5-8,10H2,1-2H3;(H,6,7)/t11-,14+,15-;/m0./s1. The Labute approximate surface area is 175 Å². The van der Waals surface area contributed by atoms with Crippen LogP contribution in [0.1, 0.15) is 18.5 Å². The third-order valence-electron chi connectivity index (χ3n) is 4.98. The SMILES string of the molecule is CN(C)C(=O)[C@H]1C[C@@H]2CCN(C(=O)Cc3ccc(F)cn3)C[C@@H]2O1.O=C(O)C(F)(F)F. The molecule has 2 fully saturated rings. The Kier molecular flexibility index (Phi) is 7.93. The highest BCUT2D eigenvalue weighted by Crippen LogP contribution is 2.34. The van der Waals surface area contributed by atoms with Crippen molar-refractivity contribution in [2.24, 2.45) is 5.92 Å². The van der Waals surface area contributed by atoms with Gasteiger partial charge >= 0.3 is 12.1 Å². The van der Waals surface area contributed by atoms with E-state index in [9.17, 15) is 27.2 Å². The number of halogens is 4. The minimum Gasteiger partial charge on any atom is -0.475 e. The molecule has 1 aromatic rings. The summed E-state index contributed by atoms with van der Waals surface area (Å²) in [5.41, 5.74) is 0.552. The van der Waals surface area contributed by atoms with Gasteiger partial charge in [0.2, 0.25) is 5.91 Å². The molecule has 3 heterocycles. The molecule has 2 aliphatic rings. The van der Waals surface area contributed by atoms with Gasteiger partial charge in [0, 0.05) is 32.9 Å². The van der Waals surface area contributed by atoms with Gasteiger partial charge in [0.1, 0.15) is 11.9 Å². The van der Waals surface area contributed by atoms with E-state index in [0.717, 1.165) is 19.0 Å². The van der Waals surface area contributed by atoms with E-state index in [4.69, 9.17) is 14.6 Å². The number of aromatic nitrogens is 1. The fourth-order valence-electron chi connectivity index (χ4n) is 3.38. The maximum atomic E-state index is 12.9. The summed E-state index contributed by atoms with van der Waals surface area (Å²) in [5.74, 6) is -2.90. The van der Waals surface area contributed by atoms with E-state index in [-0.39, 0.29) is 24.3 Å². The van der Waals surface area contributed by atoms with Crippen LogP contribution in [0.4, 0.5) is 17.6 Å². The molecule has 1 aromatic heterocycles. The topological polar surface area (TPSA) is 100 Å². The molecule has 3 rings (SSSR count). The van der Waals surface area contributed by atoms with E-state index in [0.29, 0.717) is 24.7 Å². The summed E-state index contributed by atoms with van der Waals surface area (Å²) < 4.78 is 50.5. The number of likely N-dealkylation sites (tertiary alicyclic amines) is 1. The molecule has 0 saturated carbocycles. The number of nitrogens with zero attached hydrogens (tertiary/aromatic N) is 3. The van der Waals surface area contributed by atoms with E-state index < -0.39 is 24.1 Å². The van der Waals surface area contributed by atoms with Gasteiger partial charge in [0.05, 0.1) is 18.7 Å². The Hall–Kier alpha value is -2.76. The lowest BCUT2D eigenvalue weighted by Gasteiger charge is -2.34. The number of carboxylic acids is 1. The number of hydrogen-bond donors (Lipinski definition) is 1. The molecular formula is C19H23F4N3O5. The minimum absolute atomic E-state index is 0.0159. The van der Waals surface area contributed by atoms with E-state index in [1.165, 1.54) is 12.1 Å². The summed E-state index contributed by atoms with van der Waals surface area (Å²) in [7, 11) is 3.44. The number of rotatable bonds is 3. The number of ether oxygens (including phenoxy) is 1. The van der Waals surface area contributed by atoms with Gasteiger partial charge < -0.3 is 19.6 Å². The largest absolute Gasteiger partial charge is 0.490 e. The summed E-state index contributed by atoms with van der Waals surface area (Å²) in [6.07, 6.45) is -2.74. The quantitative estimate of drug-likeness (QED) is 0.702. The van der Waals surface area contributed by atoms with Crippen molar-refractivity contribution < 1.29 is 41.8 Å². The number of aliphatic carboxylic acids is 1. The molecule has 1 N–H and O–H groups in total. The van der Waals surface area contributed by atoms with Gasteiger partial charge in [-0.25, -0.2) is 9.18 Å². The molecule has 12 heteroatoms. The fourth-order valence-corrected chi connectivity index (χ4v) is 3.38. The molecule has 0 aliphatic carbocycles. The third-order valence-corrected chi connectivity index (χ3v) is 4.98. The van der Waals surface area contributed by atoms with Crippen LogP contribution in [0.3, 0.4) is 0 Å². The number of alkyl halides is 3. The number of carbonyl (C=O) groups excluding carboxylic acids is 2. The van der Waals surface area contributed by atoms with Crippen LogP contribution in [0.2, 0.25) is 0 Å². The first-order valence-corrected chi connectivity index (χ1v) is 9.43. The van der Waals surface area contributed by atoms with Crippen molar-refractivity contribution in [2.45, 2.75) is 37.6 Å². The molecule has 0 spiro atoms. The average molecular weight is 449 g/mol. The van der Waals surface area contributed by atoms with Crippen LogP contribution >= 0.6 is 0 Å². The molecule has 0 radical (unpaired) electrons. The molecule has 2 saturated heterocycles. The van der Waals surface area contributed by atoms with Gasteiger partial charge in [0.25, 0.3) is 5.91 Å². The Morgan fingerprint density at radius 1 is 1.29 bits per heavy atom. The minimum atomic E-state index is -5.08. The molecule has 3 atom stereocenters. The van der Waals surface area contributed by atoms with Gasteiger partial charge in [-0.1, -0.05) is 0 Å². The van der Waals surface area contributed by atoms with Gasteiger partial charge in [-0.15, -0.1) is 0 Å². The van der Waals surface area contributed by atoms with Gasteiger partial charge in [-0.2, -0.15) is 13.2 Å². The average Bonchev–Trinajstić information content (AvgIpc) is 3.12. The van der Waals surface area contributed by atoms with Crippen LogP contribution in [0.25, 0.3) is 0 Å². The second-order valence-corrected chi connectivity index (χ2v) is 7.47. The lowest BCUT2D eigenvalue weighted by atomic mass is 9.91. The molecular weight excluding hydrogens is 426 g/mol. The van der Waals surface area contributed by atoms with Gasteiger partial charge in [-0.05, 0) is 30.9 Å². The summed E-state index contributed by atoms with van der Waals surface area (Å²) >= 11 is 0. The second kappa shape index (κ2) is 10.0.